The van der Waals surface area contributed by atoms with Gasteiger partial charge in [-0.3, -0.25) is 4.68 Å². The maximum Gasteiger partial charge on any atom is 0.133 e. The number of rotatable bonds is 5. The minimum atomic E-state index is 0.118. The van der Waals surface area contributed by atoms with E-state index in [1.165, 1.54) is 5.56 Å². The number of nitrogens with one attached hydrogen (secondary N) is 1. The van der Waals surface area contributed by atoms with Crippen molar-refractivity contribution in [2.45, 2.75) is 59.3 Å². The van der Waals surface area contributed by atoms with Crippen LogP contribution in [0.5, 0.6) is 0 Å². The van der Waals surface area contributed by atoms with E-state index in [0.29, 0.717) is 12.6 Å². The zero-order chi connectivity index (χ0) is 15.7. The highest BCUT2D eigenvalue weighted by atomic mass is 16.3. The van der Waals surface area contributed by atoms with E-state index < -0.39 is 0 Å². The Bertz CT molecular complexity index is 659. The summed E-state index contributed by atoms with van der Waals surface area (Å²) in [6.45, 7) is 8.51. The van der Waals surface area contributed by atoms with Crippen molar-refractivity contribution in [1.82, 2.24) is 29.9 Å². The molecule has 1 unspecified atom stereocenters. The molecule has 0 radical (unpaired) electrons. The predicted octanol–water partition coefficient (Wildman–Crippen LogP) is 0.497. The summed E-state index contributed by atoms with van der Waals surface area (Å²) in [6.07, 6.45) is 2.06. The number of hydrogen-bond donors (Lipinski definition) is 2. The van der Waals surface area contributed by atoms with E-state index in [9.17, 15) is 0 Å². The fourth-order valence-corrected chi connectivity index (χ4v) is 3.18. The van der Waals surface area contributed by atoms with Gasteiger partial charge in [0.2, 0.25) is 0 Å². The summed E-state index contributed by atoms with van der Waals surface area (Å²) in [6, 6.07) is 0.433. The summed E-state index contributed by atoms with van der Waals surface area (Å²) >= 11 is 0. The highest BCUT2D eigenvalue weighted by molar-refractivity contribution is 5.24. The molecule has 0 aromatic carbocycles. The number of aliphatic hydroxyl groups is 1. The minimum absolute atomic E-state index is 0.118. The number of fused-ring (bicyclic) bond motifs is 1. The van der Waals surface area contributed by atoms with E-state index in [-0.39, 0.29) is 6.61 Å². The van der Waals surface area contributed by atoms with Gasteiger partial charge in [0.25, 0.3) is 0 Å². The Morgan fingerprint density at radius 2 is 2.09 bits per heavy atom. The fourth-order valence-electron chi connectivity index (χ4n) is 3.18. The topological polar surface area (TPSA) is 80.8 Å². The first-order valence-corrected chi connectivity index (χ1v) is 7.86. The zero-order valence-electron chi connectivity index (χ0n) is 13.5. The Balaban J connectivity index is 1.65. The molecule has 120 valence electrons. The molecule has 1 atom stereocenters. The zero-order valence-corrected chi connectivity index (χ0v) is 13.5. The third kappa shape index (κ3) is 2.78. The van der Waals surface area contributed by atoms with Crippen LogP contribution >= 0.6 is 0 Å². The van der Waals surface area contributed by atoms with Crippen molar-refractivity contribution in [3.05, 3.63) is 28.6 Å². The Kier molecular flexibility index (Phi) is 4.26. The molecule has 0 aliphatic carbocycles. The Labute approximate surface area is 130 Å². The van der Waals surface area contributed by atoms with Gasteiger partial charge >= 0.3 is 0 Å². The minimum Gasteiger partial charge on any atom is -0.394 e. The quantitative estimate of drug-likeness (QED) is 0.840. The average molecular weight is 304 g/mol. The van der Waals surface area contributed by atoms with Gasteiger partial charge in [-0.15, -0.1) is 10.2 Å². The Morgan fingerprint density at radius 3 is 2.86 bits per heavy atom. The molecule has 1 aliphatic heterocycles. The standard InChI is InChI=1S/C15H24N6O/c1-10-14(11(2)21(19-10)6-7-22)8-16-13-4-5-15-18-17-12(3)20(15)9-13/h13,16,22H,4-9H2,1-3H3. The van der Waals surface area contributed by atoms with E-state index in [0.717, 1.165) is 49.0 Å². The van der Waals surface area contributed by atoms with Crippen LogP contribution < -0.4 is 5.32 Å². The van der Waals surface area contributed by atoms with Crippen LogP contribution in [0.2, 0.25) is 0 Å². The number of aliphatic hydroxyl groups excluding tert-OH is 1. The Morgan fingerprint density at radius 1 is 1.27 bits per heavy atom. The maximum atomic E-state index is 9.09. The van der Waals surface area contributed by atoms with E-state index >= 15 is 0 Å². The molecule has 3 heterocycles. The molecule has 7 heteroatoms. The fraction of sp³-hybridized carbons (Fsp3) is 0.667. The first-order chi connectivity index (χ1) is 10.6. The highest BCUT2D eigenvalue weighted by Gasteiger charge is 2.21. The van der Waals surface area contributed by atoms with Crippen molar-refractivity contribution in [2.75, 3.05) is 6.61 Å². The van der Waals surface area contributed by atoms with Crippen LogP contribution in [0.4, 0.5) is 0 Å². The lowest BCUT2D eigenvalue weighted by atomic mass is 10.1. The molecule has 0 saturated carbocycles. The summed E-state index contributed by atoms with van der Waals surface area (Å²) in [5.74, 6) is 2.09. The van der Waals surface area contributed by atoms with E-state index in [1.807, 2.05) is 18.5 Å². The molecule has 7 nitrogen and oxygen atoms in total. The van der Waals surface area contributed by atoms with E-state index in [2.05, 4.69) is 32.1 Å². The number of aryl methyl sites for hydroxylation is 3. The van der Waals surface area contributed by atoms with Crippen LogP contribution in [0.1, 0.15) is 35.0 Å². The highest BCUT2D eigenvalue weighted by Crippen LogP contribution is 2.17. The van der Waals surface area contributed by atoms with Crippen molar-refractivity contribution in [1.29, 1.82) is 0 Å². The van der Waals surface area contributed by atoms with Crippen LogP contribution in [-0.2, 0) is 26.1 Å². The lowest BCUT2D eigenvalue weighted by molar-refractivity contribution is 0.267. The molecule has 0 spiro atoms. The third-order valence-electron chi connectivity index (χ3n) is 4.54. The molecule has 2 aromatic rings. The number of nitrogens with zero attached hydrogens (tertiary/aromatic N) is 5. The van der Waals surface area contributed by atoms with Gasteiger partial charge in [0, 0.05) is 36.8 Å². The van der Waals surface area contributed by atoms with Gasteiger partial charge in [0.15, 0.2) is 0 Å². The molecule has 0 bridgehead atoms. The van der Waals surface area contributed by atoms with Crippen molar-refractivity contribution in [3.63, 3.8) is 0 Å². The van der Waals surface area contributed by atoms with Crippen molar-refractivity contribution in [2.24, 2.45) is 0 Å². The molecule has 0 saturated heterocycles. The molecular weight excluding hydrogens is 280 g/mol. The van der Waals surface area contributed by atoms with E-state index in [4.69, 9.17) is 5.11 Å². The van der Waals surface area contributed by atoms with Crippen LogP contribution in [0.25, 0.3) is 0 Å². The van der Waals surface area contributed by atoms with Gasteiger partial charge in [-0.1, -0.05) is 0 Å². The number of aromatic nitrogens is 5. The smallest absolute Gasteiger partial charge is 0.133 e. The largest absolute Gasteiger partial charge is 0.394 e. The third-order valence-corrected chi connectivity index (χ3v) is 4.54. The van der Waals surface area contributed by atoms with Gasteiger partial charge in [0.1, 0.15) is 11.6 Å². The predicted molar refractivity (Wildman–Crippen MR) is 82.5 cm³/mol. The van der Waals surface area contributed by atoms with Crippen LogP contribution in [-0.4, -0.2) is 42.3 Å². The van der Waals surface area contributed by atoms with E-state index in [1.54, 1.807) is 0 Å². The van der Waals surface area contributed by atoms with Crippen molar-refractivity contribution >= 4 is 0 Å². The SMILES string of the molecule is Cc1nn(CCO)c(C)c1CNC1CCc2nnc(C)n2C1. The molecule has 2 N–H and O–H groups in total. The first-order valence-electron chi connectivity index (χ1n) is 7.86. The van der Waals surface area contributed by atoms with Crippen molar-refractivity contribution in [3.8, 4) is 0 Å². The normalized spacial score (nSPS) is 17.7. The molecule has 0 fully saturated rings. The maximum absolute atomic E-state index is 9.09. The molecule has 1 aliphatic rings. The summed E-state index contributed by atoms with van der Waals surface area (Å²) < 4.78 is 4.09. The molecular formula is C15H24N6O. The molecule has 2 aromatic heterocycles. The second-order valence-electron chi connectivity index (χ2n) is 5.99. The van der Waals surface area contributed by atoms with Crippen LogP contribution in [0.3, 0.4) is 0 Å². The van der Waals surface area contributed by atoms with Gasteiger partial charge in [-0.2, -0.15) is 5.10 Å². The lowest BCUT2D eigenvalue weighted by Crippen LogP contribution is -2.37. The van der Waals surface area contributed by atoms with Crippen LogP contribution in [0.15, 0.2) is 0 Å². The van der Waals surface area contributed by atoms with Gasteiger partial charge in [-0.25, -0.2) is 0 Å². The van der Waals surface area contributed by atoms with Gasteiger partial charge in [0.05, 0.1) is 18.8 Å². The summed E-state index contributed by atoms with van der Waals surface area (Å²) in [4.78, 5) is 0. The van der Waals surface area contributed by atoms with Gasteiger partial charge in [-0.05, 0) is 27.2 Å². The first kappa shape index (κ1) is 15.2. The van der Waals surface area contributed by atoms with Crippen molar-refractivity contribution < 1.29 is 5.11 Å². The summed E-state index contributed by atoms with van der Waals surface area (Å²) in [5, 5.41) is 25.6. The average Bonchev–Trinajstić information content (AvgIpc) is 2.99. The second-order valence-corrected chi connectivity index (χ2v) is 5.99. The number of hydrogen-bond acceptors (Lipinski definition) is 5. The summed E-state index contributed by atoms with van der Waals surface area (Å²) in [5.41, 5.74) is 3.41. The Hall–Kier alpha value is -1.73. The van der Waals surface area contributed by atoms with Gasteiger partial charge < -0.3 is 15.0 Å². The second kappa shape index (κ2) is 6.18. The lowest BCUT2D eigenvalue weighted by Gasteiger charge is -2.25. The monoisotopic (exact) mass is 304 g/mol. The molecule has 0 amide bonds. The summed E-state index contributed by atoms with van der Waals surface area (Å²) in [7, 11) is 0. The van der Waals surface area contributed by atoms with Crippen LogP contribution in [0, 0.1) is 20.8 Å². The molecule has 3 rings (SSSR count). The molecule has 22 heavy (non-hydrogen) atoms.